The van der Waals surface area contributed by atoms with E-state index >= 15 is 0 Å². The van der Waals surface area contributed by atoms with Gasteiger partial charge in [-0.15, -0.1) is 0 Å². The smallest absolute Gasteiger partial charge is 0.269 e. The van der Waals surface area contributed by atoms with Crippen LogP contribution in [0.3, 0.4) is 0 Å². The Kier molecular flexibility index (Phi) is 5.46. The number of hydrogen-bond acceptors (Lipinski definition) is 6. The molecule has 0 spiro atoms. The Balaban J connectivity index is 1.61. The molecule has 0 radical (unpaired) electrons. The van der Waals surface area contributed by atoms with Crippen molar-refractivity contribution in [2.24, 2.45) is 0 Å². The number of para-hydroxylation sites is 1. The summed E-state index contributed by atoms with van der Waals surface area (Å²) in [6.07, 6.45) is 0.759. The fraction of sp³-hybridized carbons (Fsp3) is 0.263. The Morgan fingerprint density at radius 2 is 1.85 bits per heavy atom. The van der Waals surface area contributed by atoms with E-state index < -0.39 is 11.0 Å². The number of aromatic nitrogens is 3. The van der Waals surface area contributed by atoms with E-state index in [2.05, 4.69) is 10.1 Å². The third kappa shape index (κ3) is 4.48. The molecule has 8 nitrogen and oxygen atoms in total. The average Bonchev–Trinajstić information content (AvgIpc) is 3.09. The number of benzene rings is 2. The van der Waals surface area contributed by atoms with Crippen molar-refractivity contribution in [3.05, 3.63) is 70.0 Å². The average molecular weight is 368 g/mol. The van der Waals surface area contributed by atoms with Gasteiger partial charge in [0.05, 0.1) is 11.5 Å². The van der Waals surface area contributed by atoms with E-state index in [9.17, 15) is 15.2 Å². The van der Waals surface area contributed by atoms with Gasteiger partial charge in [0.1, 0.15) is 24.8 Å². The van der Waals surface area contributed by atoms with Crippen LogP contribution >= 0.6 is 0 Å². The lowest BCUT2D eigenvalue weighted by molar-refractivity contribution is -0.384. The fourth-order valence-electron chi connectivity index (χ4n) is 2.72. The van der Waals surface area contributed by atoms with Gasteiger partial charge >= 0.3 is 0 Å². The van der Waals surface area contributed by atoms with Crippen LogP contribution in [0, 0.1) is 24.0 Å². The standard InChI is InChI=1S/C19H20N4O4/c1-13-4-3-5-14(2)18(13)27-11-17(24)10-22-12-20-19(21-22)15-6-8-16(9-7-15)23(25)26/h3-9,12,17,24H,10-11H2,1-2H3/t17-/m1/s1. The molecule has 0 fully saturated rings. The molecule has 0 bridgehead atoms. The van der Waals surface area contributed by atoms with Crippen molar-refractivity contribution in [3.8, 4) is 17.1 Å². The second-order valence-electron chi connectivity index (χ2n) is 6.28. The minimum Gasteiger partial charge on any atom is -0.490 e. The summed E-state index contributed by atoms with van der Waals surface area (Å²) in [7, 11) is 0. The molecule has 0 aliphatic rings. The highest BCUT2D eigenvalue weighted by atomic mass is 16.6. The van der Waals surface area contributed by atoms with Crippen molar-refractivity contribution in [3.63, 3.8) is 0 Å². The van der Waals surface area contributed by atoms with Crippen LogP contribution in [0.4, 0.5) is 5.69 Å². The summed E-state index contributed by atoms with van der Waals surface area (Å²) in [6, 6.07) is 11.9. The molecule has 0 aliphatic carbocycles. The minimum absolute atomic E-state index is 0.0113. The van der Waals surface area contributed by atoms with E-state index in [-0.39, 0.29) is 18.8 Å². The first kappa shape index (κ1) is 18.5. The van der Waals surface area contributed by atoms with Gasteiger partial charge in [0.2, 0.25) is 0 Å². The van der Waals surface area contributed by atoms with Crippen molar-refractivity contribution >= 4 is 5.69 Å². The van der Waals surface area contributed by atoms with E-state index in [0.29, 0.717) is 11.4 Å². The maximum Gasteiger partial charge on any atom is 0.269 e. The van der Waals surface area contributed by atoms with Crippen LogP contribution in [0.2, 0.25) is 0 Å². The predicted molar refractivity (Wildman–Crippen MR) is 99.5 cm³/mol. The molecule has 2 aromatic carbocycles. The Morgan fingerprint density at radius 1 is 1.19 bits per heavy atom. The van der Waals surface area contributed by atoms with Gasteiger partial charge in [-0.05, 0) is 37.1 Å². The van der Waals surface area contributed by atoms with Crippen LogP contribution in [-0.2, 0) is 6.54 Å². The number of nitro groups is 1. The number of rotatable bonds is 7. The number of nitrogens with zero attached hydrogens (tertiary/aromatic N) is 4. The zero-order valence-electron chi connectivity index (χ0n) is 15.1. The zero-order chi connectivity index (χ0) is 19.4. The topological polar surface area (TPSA) is 103 Å². The first-order valence-corrected chi connectivity index (χ1v) is 8.45. The summed E-state index contributed by atoms with van der Waals surface area (Å²) >= 11 is 0. The lowest BCUT2D eigenvalue weighted by Crippen LogP contribution is -2.24. The Morgan fingerprint density at radius 3 is 2.48 bits per heavy atom. The monoisotopic (exact) mass is 368 g/mol. The van der Waals surface area contributed by atoms with Gasteiger partial charge < -0.3 is 9.84 Å². The molecule has 1 N–H and O–H groups in total. The lowest BCUT2D eigenvalue weighted by Gasteiger charge is -2.15. The summed E-state index contributed by atoms with van der Waals surface area (Å²) in [5.74, 6) is 1.22. The van der Waals surface area contributed by atoms with Crippen LogP contribution in [0.1, 0.15) is 11.1 Å². The van der Waals surface area contributed by atoms with Crippen molar-refractivity contribution < 1.29 is 14.8 Å². The molecular weight excluding hydrogens is 348 g/mol. The molecule has 0 saturated carbocycles. The van der Waals surface area contributed by atoms with Gasteiger partial charge in [-0.1, -0.05) is 18.2 Å². The molecular formula is C19H20N4O4. The zero-order valence-corrected chi connectivity index (χ0v) is 15.1. The van der Waals surface area contributed by atoms with Gasteiger partial charge in [-0.3, -0.25) is 10.1 Å². The number of aliphatic hydroxyl groups is 1. The summed E-state index contributed by atoms with van der Waals surface area (Å²) in [4.78, 5) is 14.4. The first-order valence-electron chi connectivity index (χ1n) is 8.45. The van der Waals surface area contributed by atoms with E-state index in [1.54, 1.807) is 12.1 Å². The Bertz CT molecular complexity index is 917. The largest absolute Gasteiger partial charge is 0.490 e. The number of hydrogen-bond donors (Lipinski definition) is 1. The normalized spacial score (nSPS) is 12.0. The molecule has 3 rings (SSSR count). The molecule has 140 valence electrons. The maximum atomic E-state index is 10.7. The fourth-order valence-corrected chi connectivity index (χ4v) is 2.72. The highest BCUT2D eigenvalue weighted by Crippen LogP contribution is 2.22. The summed E-state index contributed by atoms with van der Waals surface area (Å²) < 4.78 is 7.28. The van der Waals surface area contributed by atoms with E-state index in [4.69, 9.17) is 4.74 Å². The number of nitro benzene ring substituents is 1. The molecule has 0 unspecified atom stereocenters. The number of aryl methyl sites for hydroxylation is 2. The first-order chi connectivity index (χ1) is 12.9. The highest BCUT2D eigenvalue weighted by molar-refractivity contribution is 5.56. The van der Waals surface area contributed by atoms with Crippen LogP contribution in [0.15, 0.2) is 48.8 Å². The van der Waals surface area contributed by atoms with Gasteiger partial charge in [0.25, 0.3) is 5.69 Å². The van der Waals surface area contributed by atoms with Crippen molar-refractivity contribution in [2.45, 2.75) is 26.5 Å². The van der Waals surface area contributed by atoms with Crippen molar-refractivity contribution in [1.82, 2.24) is 14.8 Å². The van der Waals surface area contributed by atoms with Crippen LogP contribution < -0.4 is 4.74 Å². The van der Waals surface area contributed by atoms with E-state index in [1.807, 2.05) is 32.0 Å². The van der Waals surface area contributed by atoms with Crippen LogP contribution in [0.5, 0.6) is 5.75 Å². The number of non-ortho nitro benzene ring substituents is 1. The number of ether oxygens (including phenoxy) is 1. The molecule has 0 saturated heterocycles. The second kappa shape index (κ2) is 7.96. The predicted octanol–water partition coefficient (Wildman–Crippen LogP) is 2.91. The number of aliphatic hydroxyl groups excluding tert-OH is 1. The quantitative estimate of drug-likeness (QED) is 0.508. The molecule has 8 heteroatoms. The highest BCUT2D eigenvalue weighted by Gasteiger charge is 2.12. The van der Waals surface area contributed by atoms with Gasteiger partial charge in [-0.2, -0.15) is 5.10 Å². The minimum atomic E-state index is -0.754. The van der Waals surface area contributed by atoms with Crippen molar-refractivity contribution in [1.29, 1.82) is 0 Å². The molecule has 0 amide bonds. The third-order valence-corrected chi connectivity index (χ3v) is 4.10. The second-order valence-corrected chi connectivity index (χ2v) is 6.28. The molecule has 27 heavy (non-hydrogen) atoms. The lowest BCUT2D eigenvalue weighted by atomic mass is 10.1. The van der Waals surface area contributed by atoms with Gasteiger partial charge in [0.15, 0.2) is 5.82 Å². The van der Waals surface area contributed by atoms with Gasteiger partial charge in [-0.25, -0.2) is 9.67 Å². The summed E-state index contributed by atoms with van der Waals surface area (Å²) in [5, 5.41) is 25.3. The summed E-state index contributed by atoms with van der Waals surface area (Å²) in [5.41, 5.74) is 2.71. The maximum absolute atomic E-state index is 10.7. The Labute approximate surface area is 156 Å². The van der Waals surface area contributed by atoms with E-state index in [0.717, 1.165) is 16.9 Å². The molecule has 1 heterocycles. The van der Waals surface area contributed by atoms with Gasteiger partial charge in [0, 0.05) is 17.7 Å². The third-order valence-electron chi connectivity index (χ3n) is 4.10. The SMILES string of the molecule is Cc1cccc(C)c1OC[C@H](O)Cn1cnc(-c2ccc([N+](=O)[O-])cc2)n1. The Hall–Kier alpha value is -3.26. The molecule has 3 aromatic rings. The van der Waals surface area contributed by atoms with Crippen molar-refractivity contribution in [2.75, 3.05) is 6.61 Å². The molecule has 0 aliphatic heterocycles. The summed E-state index contributed by atoms with van der Waals surface area (Å²) in [6.45, 7) is 4.29. The van der Waals surface area contributed by atoms with E-state index in [1.165, 1.54) is 23.1 Å². The molecule has 1 aromatic heterocycles. The van der Waals surface area contributed by atoms with Crippen LogP contribution in [0.25, 0.3) is 11.4 Å². The molecule has 1 atom stereocenters. The van der Waals surface area contributed by atoms with Crippen LogP contribution in [-0.4, -0.2) is 37.5 Å².